The Bertz CT molecular complexity index is 650. The number of aromatic nitrogens is 1. The number of aliphatic hydroxyl groups is 1. The molecule has 21 heavy (non-hydrogen) atoms. The minimum Gasteiger partial charge on any atom is -0.384 e. The van der Waals surface area contributed by atoms with Gasteiger partial charge in [0.15, 0.2) is 0 Å². The molecule has 2 unspecified atom stereocenters. The number of nitrogens with one attached hydrogen (secondary N) is 1. The summed E-state index contributed by atoms with van der Waals surface area (Å²) < 4.78 is 27.6. The first-order valence-corrected chi connectivity index (χ1v) is 9.44. The Labute approximate surface area is 129 Å². The molecule has 1 heterocycles. The van der Waals surface area contributed by atoms with Crippen LogP contribution in [0.4, 0.5) is 0 Å². The molecule has 1 aliphatic carbocycles. The maximum Gasteiger partial charge on any atom is 0.242 e. The first-order valence-electron chi connectivity index (χ1n) is 6.66. The van der Waals surface area contributed by atoms with E-state index in [1.165, 1.54) is 18.5 Å². The van der Waals surface area contributed by atoms with Crippen LogP contribution in [0.5, 0.6) is 0 Å². The lowest BCUT2D eigenvalue weighted by Crippen LogP contribution is -2.38. The van der Waals surface area contributed by atoms with Gasteiger partial charge >= 0.3 is 0 Å². The number of nitrogens with zero attached hydrogens (tertiary/aromatic N) is 1. The number of rotatable bonds is 4. The van der Waals surface area contributed by atoms with Crippen LogP contribution in [0.1, 0.15) is 24.8 Å². The molecular formula is C14H18N2O3S2. The third-order valence-corrected chi connectivity index (χ3v) is 6.02. The number of thioether (sulfide) groups is 1. The van der Waals surface area contributed by atoms with E-state index in [1.807, 2.05) is 6.26 Å². The van der Waals surface area contributed by atoms with E-state index in [9.17, 15) is 8.42 Å². The second kappa shape index (κ2) is 7.27. The van der Waals surface area contributed by atoms with Gasteiger partial charge in [-0.25, -0.2) is 13.1 Å². The molecule has 2 atom stereocenters. The predicted octanol–water partition coefficient (Wildman–Crippen LogP) is 0.988. The molecule has 0 aromatic carbocycles. The van der Waals surface area contributed by atoms with Crippen LogP contribution in [-0.2, 0) is 10.0 Å². The molecule has 1 aliphatic rings. The van der Waals surface area contributed by atoms with Gasteiger partial charge < -0.3 is 5.11 Å². The van der Waals surface area contributed by atoms with Crippen molar-refractivity contribution in [2.45, 2.75) is 35.4 Å². The smallest absolute Gasteiger partial charge is 0.242 e. The summed E-state index contributed by atoms with van der Waals surface area (Å²) in [4.78, 5) is 4.02. The number of sulfonamides is 1. The zero-order valence-corrected chi connectivity index (χ0v) is 13.4. The van der Waals surface area contributed by atoms with Gasteiger partial charge in [-0.3, -0.25) is 4.98 Å². The Morgan fingerprint density at radius 2 is 2.29 bits per heavy atom. The van der Waals surface area contributed by atoms with Gasteiger partial charge in [-0.1, -0.05) is 18.3 Å². The Balaban J connectivity index is 2.19. The topological polar surface area (TPSA) is 79.3 Å². The van der Waals surface area contributed by atoms with E-state index in [0.717, 1.165) is 19.3 Å². The number of pyridine rings is 1. The van der Waals surface area contributed by atoms with Gasteiger partial charge in [0.25, 0.3) is 0 Å². The first-order chi connectivity index (χ1) is 10.1. The van der Waals surface area contributed by atoms with Crippen molar-refractivity contribution in [1.29, 1.82) is 0 Å². The van der Waals surface area contributed by atoms with E-state index >= 15 is 0 Å². The predicted molar refractivity (Wildman–Crippen MR) is 83.5 cm³/mol. The van der Waals surface area contributed by atoms with Gasteiger partial charge in [-0.2, -0.15) is 11.8 Å². The Morgan fingerprint density at radius 3 is 3.00 bits per heavy atom. The SMILES string of the molecule is CSC1CCCC1NS(=O)(=O)c1cncc(C#CCO)c1. The van der Waals surface area contributed by atoms with Gasteiger partial charge in [0.05, 0.1) is 0 Å². The average Bonchev–Trinajstić information content (AvgIpc) is 2.92. The molecule has 7 heteroatoms. The summed E-state index contributed by atoms with van der Waals surface area (Å²) in [6.07, 6.45) is 7.73. The van der Waals surface area contributed by atoms with Crippen LogP contribution in [0, 0.1) is 11.8 Å². The zero-order chi connectivity index (χ0) is 15.3. The lowest BCUT2D eigenvalue weighted by molar-refractivity contribution is 0.350. The van der Waals surface area contributed by atoms with Crippen LogP contribution in [0.25, 0.3) is 0 Å². The minimum absolute atomic E-state index is 0.0304. The van der Waals surface area contributed by atoms with Crippen LogP contribution in [0.2, 0.25) is 0 Å². The largest absolute Gasteiger partial charge is 0.384 e. The van der Waals surface area contributed by atoms with E-state index in [0.29, 0.717) is 10.8 Å². The third-order valence-electron chi connectivity index (χ3n) is 3.40. The summed E-state index contributed by atoms with van der Waals surface area (Å²) >= 11 is 1.70. The Morgan fingerprint density at radius 1 is 1.48 bits per heavy atom. The maximum atomic E-state index is 12.4. The van der Waals surface area contributed by atoms with Crippen LogP contribution in [-0.4, -0.2) is 42.7 Å². The molecule has 0 amide bonds. The summed E-state index contributed by atoms with van der Waals surface area (Å²) in [5, 5.41) is 9.00. The van der Waals surface area contributed by atoms with E-state index in [1.54, 1.807) is 11.8 Å². The second-order valence-corrected chi connectivity index (χ2v) is 7.59. The lowest BCUT2D eigenvalue weighted by Gasteiger charge is -2.19. The van der Waals surface area contributed by atoms with Crippen molar-refractivity contribution in [3.63, 3.8) is 0 Å². The molecule has 1 fully saturated rings. The molecule has 1 saturated carbocycles. The molecule has 0 aliphatic heterocycles. The van der Waals surface area contributed by atoms with Crippen LogP contribution < -0.4 is 4.72 Å². The molecule has 5 nitrogen and oxygen atoms in total. The number of hydrogen-bond donors (Lipinski definition) is 2. The van der Waals surface area contributed by atoms with Crippen molar-refractivity contribution in [3.8, 4) is 11.8 Å². The van der Waals surface area contributed by atoms with Gasteiger partial charge in [0.2, 0.25) is 10.0 Å². The fourth-order valence-corrected chi connectivity index (χ4v) is 4.71. The molecular weight excluding hydrogens is 308 g/mol. The van der Waals surface area contributed by atoms with Crippen LogP contribution >= 0.6 is 11.8 Å². The van der Waals surface area contributed by atoms with Crippen molar-refractivity contribution in [3.05, 3.63) is 24.0 Å². The van der Waals surface area contributed by atoms with Gasteiger partial charge in [0, 0.05) is 29.2 Å². The summed E-state index contributed by atoms with van der Waals surface area (Å²) in [7, 11) is -3.59. The standard InChI is InChI=1S/C14H18N2O3S2/c1-20-14-6-2-5-13(14)16-21(18,19)12-8-11(4-3-7-17)9-15-10-12/h8-10,13-14,16-17H,2,5-7H2,1H3. The molecule has 0 spiro atoms. The Hall–Kier alpha value is -1.07. The normalized spacial score (nSPS) is 21.8. The highest BCUT2D eigenvalue weighted by molar-refractivity contribution is 7.99. The van der Waals surface area contributed by atoms with E-state index in [4.69, 9.17) is 5.11 Å². The minimum atomic E-state index is -3.59. The fraction of sp³-hybridized carbons (Fsp3) is 0.500. The van der Waals surface area contributed by atoms with E-state index in [-0.39, 0.29) is 17.5 Å². The summed E-state index contributed by atoms with van der Waals surface area (Å²) in [6, 6.07) is 1.44. The van der Waals surface area contributed by atoms with Crippen molar-refractivity contribution in [2.75, 3.05) is 12.9 Å². The lowest BCUT2D eigenvalue weighted by atomic mass is 10.3. The van der Waals surface area contributed by atoms with Crippen molar-refractivity contribution < 1.29 is 13.5 Å². The Kier molecular flexibility index (Phi) is 5.65. The molecule has 0 radical (unpaired) electrons. The van der Waals surface area contributed by atoms with E-state index < -0.39 is 10.0 Å². The first kappa shape index (κ1) is 16.3. The van der Waals surface area contributed by atoms with Crippen LogP contribution in [0.15, 0.2) is 23.4 Å². The van der Waals surface area contributed by atoms with Gasteiger partial charge in [-0.15, -0.1) is 0 Å². The molecule has 2 N–H and O–H groups in total. The highest BCUT2D eigenvalue weighted by Gasteiger charge is 2.30. The van der Waals surface area contributed by atoms with Crippen LogP contribution in [0.3, 0.4) is 0 Å². The maximum absolute atomic E-state index is 12.4. The second-order valence-electron chi connectivity index (χ2n) is 4.80. The van der Waals surface area contributed by atoms with E-state index in [2.05, 4.69) is 21.5 Å². The van der Waals surface area contributed by atoms with Crippen molar-refractivity contribution in [2.24, 2.45) is 0 Å². The molecule has 1 aromatic heterocycles. The molecule has 0 bridgehead atoms. The highest BCUT2D eigenvalue weighted by atomic mass is 32.2. The molecule has 114 valence electrons. The third kappa shape index (κ3) is 4.20. The van der Waals surface area contributed by atoms with Gasteiger partial charge in [0.1, 0.15) is 11.5 Å². The average molecular weight is 326 g/mol. The number of aliphatic hydroxyl groups excluding tert-OH is 1. The highest BCUT2D eigenvalue weighted by Crippen LogP contribution is 2.29. The number of hydrogen-bond acceptors (Lipinski definition) is 5. The molecule has 0 saturated heterocycles. The zero-order valence-electron chi connectivity index (χ0n) is 11.7. The summed E-state index contributed by atoms with van der Waals surface area (Å²) in [5.41, 5.74) is 0.472. The molecule has 1 aromatic rings. The molecule has 2 rings (SSSR count). The monoisotopic (exact) mass is 326 g/mol. The van der Waals surface area contributed by atoms with Crippen molar-refractivity contribution in [1.82, 2.24) is 9.71 Å². The summed E-state index contributed by atoms with van der Waals surface area (Å²) in [6.45, 7) is -0.271. The fourth-order valence-electron chi connectivity index (χ4n) is 2.39. The van der Waals surface area contributed by atoms with Crippen molar-refractivity contribution >= 4 is 21.8 Å². The quantitative estimate of drug-likeness (QED) is 0.807. The summed E-state index contributed by atoms with van der Waals surface area (Å²) in [5.74, 6) is 5.14. The van der Waals surface area contributed by atoms with Gasteiger partial charge in [-0.05, 0) is 25.2 Å².